The molecular formula is C18H21F3N2O2. The van der Waals surface area contributed by atoms with Crippen molar-refractivity contribution in [3.8, 4) is 0 Å². The van der Waals surface area contributed by atoms with Crippen LogP contribution in [0, 0.1) is 11.3 Å². The number of carbonyl (C=O) groups is 2. The maximum Gasteiger partial charge on any atom is 0.416 e. The topological polar surface area (TPSA) is 49.4 Å². The second kappa shape index (κ2) is 6.35. The number of hydrogen-bond acceptors (Lipinski definition) is 2. The number of alkyl halides is 3. The van der Waals surface area contributed by atoms with Gasteiger partial charge in [-0.05, 0) is 37.1 Å². The molecule has 1 aliphatic heterocycles. The first kappa shape index (κ1) is 17.8. The first-order valence-corrected chi connectivity index (χ1v) is 8.45. The number of nitrogens with zero attached hydrogens (tertiary/aromatic N) is 1. The molecule has 4 nitrogen and oxygen atoms in total. The summed E-state index contributed by atoms with van der Waals surface area (Å²) in [4.78, 5) is 26.6. The molecule has 1 spiro atoms. The third kappa shape index (κ3) is 3.24. The van der Waals surface area contributed by atoms with Crippen LogP contribution in [0.25, 0.3) is 0 Å². The van der Waals surface area contributed by atoms with Gasteiger partial charge in [-0.2, -0.15) is 13.2 Å². The molecule has 1 saturated carbocycles. The van der Waals surface area contributed by atoms with E-state index < -0.39 is 11.7 Å². The molecule has 1 N–H and O–H groups in total. The van der Waals surface area contributed by atoms with E-state index in [1.165, 1.54) is 12.1 Å². The van der Waals surface area contributed by atoms with Crippen LogP contribution < -0.4 is 5.32 Å². The molecule has 0 radical (unpaired) electrons. The van der Waals surface area contributed by atoms with Gasteiger partial charge in [-0.1, -0.05) is 12.8 Å². The number of likely N-dealkylation sites (tertiary alicyclic amines) is 1. The molecule has 0 aromatic heterocycles. The lowest BCUT2D eigenvalue weighted by molar-refractivity contribution is -0.137. The van der Waals surface area contributed by atoms with Crippen molar-refractivity contribution in [2.45, 2.75) is 31.9 Å². The quantitative estimate of drug-likeness (QED) is 0.887. The van der Waals surface area contributed by atoms with Gasteiger partial charge < -0.3 is 10.2 Å². The monoisotopic (exact) mass is 354 g/mol. The average molecular weight is 354 g/mol. The molecule has 0 bridgehead atoms. The van der Waals surface area contributed by atoms with Crippen LogP contribution in [0.4, 0.5) is 13.2 Å². The molecule has 1 aromatic rings. The van der Waals surface area contributed by atoms with E-state index in [4.69, 9.17) is 0 Å². The fourth-order valence-corrected chi connectivity index (χ4v) is 4.23. The molecule has 136 valence electrons. The summed E-state index contributed by atoms with van der Waals surface area (Å²) in [6.45, 7) is 0.810. The lowest BCUT2D eigenvalue weighted by Crippen LogP contribution is -2.38. The Balaban J connectivity index is 1.80. The van der Waals surface area contributed by atoms with Gasteiger partial charge in [0.1, 0.15) is 0 Å². The van der Waals surface area contributed by atoms with E-state index in [1.54, 1.807) is 11.9 Å². The minimum atomic E-state index is -4.42. The van der Waals surface area contributed by atoms with Gasteiger partial charge in [-0.25, -0.2) is 0 Å². The van der Waals surface area contributed by atoms with E-state index in [0.717, 1.165) is 37.8 Å². The Morgan fingerprint density at radius 1 is 1.16 bits per heavy atom. The van der Waals surface area contributed by atoms with Crippen LogP contribution in [-0.2, 0) is 11.0 Å². The van der Waals surface area contributed by atoms with Crippen LogP contribution in [0.1, 0.15) is 41.6 Å². The largest absolute Gasteiger partial charge is 0.416 e. The van der Waals surface area contributed by atoms with Crippen LogP contribution in [0.5, 0.6) is 0 Å². The van der Waals surface area contributed by atoms with Crippen LogP contribution in [0.15, 0.2) is 24.3 Å². The van der Waals surface area contributed by atoms with Gasteiger partial charge in [0.2, 0.25) is 5.91 Å². The molecule has 2 amide bonds. The Morgan fingerprint density at radius 3 is 2.28 bits per heavy atom. The van der Waals surface area contributed by atoms with E-state index in [-0.39, 0.29) is 28.7 Å². The number of rotatable bonds is 2. The number of benzene rings is 1. The molecule has 2 fully saturated rings. The molecule has 3 rings (SSSR count). The van der Waals surface area contributed by atoms with Crippen LogP contribution in [0.3, 0.4) is 0 Å². The Hall–Kier alpha value is -2.05. The van der Waals surface area contributed by atoms with Crippen molar-refractivity contribution in [1.29, 1.82) is 0 Å². The standard InChI is InChI=1S/C18H21F3N2O2/c1-22-15(24)14-10-23(11-17(14)8-2-3-9-17)16(25)12-4-6-13(7-5-12)18(19,20)21/h4-7,14H,2-3,8-11H2,1H3,(H,22,24). The van der Waals surface area contributed by atoms with Crippen LogP contribution in [-0.4, -0.2) is 36.9 Å². The fourth-order valence-electron chi connectivity index (χ4n) is 4.23. The molecule has 1 unspecified atom stereocenters. The van der Waals surface area contributed by atoms with Gasteiger partial charge in [-0.3, -0.25) is 9.59 Å². The highest BCUT2D eigenvalue weighted by Crippen LogP contribution is 2.49. The van der Waals surface area contributed by atoms with E-state index in [1.807, 2.05) is 0 Å². The van der Waals surface area contributed by atoms with Crippen molar-refractivity contribution < 1.29 is 22.8 Å². The summed E-state index contributed by atoms with van der Waals surface area (Å²) in [5.74, 6) is -0.630. The summed E-state index contributed by atoms with van der Waals surface area (Å²) in [5, 5.41) is 2.68. The zero-order valence-corrected chi connectivity index (χ0v) is 14.0. The number of halogens is 3. The smallest absolute Gasteiger partial charge is 0.359 e. The lowest BCUT2D eigenvalue weighted by atomic mass is 9.76. The SMILES string of the molecule is CNC(=O)C1CN(C(=O)c2ccc(C(F)(F)F)cc2)CC12CCCC2. The third-order valence-electron chi connectivity index (χ3n) is 5.56. The molecule has 1 saturated heterocycles. The van der Waals surface area contributed by atoms with Crippen LogP contribution >= 0.6 is 0 Å². The molecule has 25 heavy (non-hydrogen) atoms. The highest BCUT2D eigenvalue weighted by Gasteiger charge is 2.52. The summed E-state index contributed by atoms with van der Waals surface area (Å²) < 4.78 is 38.0. The number of carbonyl (C=O) groups excluding carboxylic acids is 2. The summed E-state index contributed by atoms with van der Waals surface area (Å²) in [6, 6.07) is 4.26. The summed E-state index contributed by atoms with van der Waals surface area (Å²) in [7, 11) is 1.59. The van der Waals surface area contributed by atoms with Crippen molar-refractivity contribution >= 4 is 11.8 Å². The minimum absolute atomic E-state index is 0.0652. The zero-order valence-electron chi connectivity index (χ0n) is 14.0. The maximum absolute atomic E-state index is 12.7. The predicted octanol–water partition coefficient (Wildman–Crippen LogP) is 3.08. The Labute approximate surface area is 144 Å². The van der Waals surface area contributed by atoms with E-state index in [0.29, 0.717) is 13.1 Å². The van der Waals surface area contributed by atoms with Crippen LogP contribution in [0.2, 0.25) is 0 Å². The van der Waals surface area contributed by atoms with Crippen molar-refractivity contribution in [2.24, 2.45) is 11.3 Å². The fraction of sp³-hybridized carbons (Fsp3) is 0.556. The summed E-state index contributed by atoms with van der Waals surface area (Å²) in [5.41, 5.74) is -0.749. The number of hydrogen-bond donors (Lipinski definition) is 1. The van der Waals surface area contributed by atoms with Gasteiger partial charge >= 0.3 is 6.18 Å². The van der Waals surface area contributed by atoms with Gasteiger partial charge in [-0.15, -0.1) is 0 Å². The molecule has 7 heteroatoms. The van der Waals surface area contributed by atoms with Crippen molar-refractivity contribution in [1.82, 2.24) is 10.2 Å². The first-order valence-electron chi connectivity index (χ1n) is 8.45. The highest BCUT2D eigenvalue weighted by molar-refractivity contribution is 5.95. The third-order valence-corrected chi connectivity index (χ3v) is 5.56. The average Bonchev–Trinajstić information content (AvgIpc) is 3.21. The van der Waals surface area contributed by atoms with E-state index in [9.17, 15) is 22.8 Å². The van der Waals surface area contributed by atoms with Crippen molar-refractivity contribution in [2.75, 3.05) is 20.1 Å². The van der Waals surface area contributed by atoms with Crippen molar-refractivity contribution in [3.63, 3.8) is 0 Å². The predicted molar refractivity (Wildman–Crippen MR) is 85.8 cm³/mol. The Kier molecular flexibility index (Phi) is 4.51. The first-order chi connectivity index (χ1) is 11.8. The van der Waals surface area contributed by atoms with E-state index in [2.05, 4.69) is 5.32 Å². The van der Waals surface area contributed by atoms with Gasteiger partial charge in [0.05, 0.1) is 11.5 Å². The lowest BCUT2D eigenvalue weighted by Gasteiger charge is -2.28. The van der Waals surface area contributed by atoms with E-state index >= 15 is 0 Å². The molecular weight excluding hydrogens is 333 g/mol. The molecule has 1 aromatic carbocycles. The van der Waals surface area contributed by atoms with Gasteiger partial charge in [0.15, 0.2) is 0 Å². The molecule has 1 atom stereocenters. The van der Waals surface area contributed by atoms with Gasteiger partial charge in [0.25, 0.3) is 5.91 Å². The normalized spacial score (nSPS) is 22.4. The highest BCUT2D eigenvalue weighted by atomic mass is 19.4. The Morgan fingerprint density at radius 2 is 1.76 bits per heavy atom. The summed E-state index contributed by atoms with van der Waals surface area (Å²) >= 11 is 0. The van der Waals surface area contributed by atoms with Crippen molar-refractivity contribution in [3.05, 3.63) is 35.4 Å². The second-order valence-corrected chi connectivity index (χ2v) is 7.00. The molecule has 1 heterocycles. The zero-order chi connectivity index (χ0) is 18.2. The van der Waals surface area contributed by atoms with Gasteiger partial charge in [0, 0.05) is 31.1 Å². The minimum Gasteiger partial charge on any atom is -0.359 e. The molecule has 1 aliphatic carbocycles. The maximum atomic E-state index is 12.7. The second-order valence-electron chi connectivity index (χ2n) is 7.00. The Bertz CT molecular complexity index is 664. The number of amides is 2. The molecule has 2 aliphatic rings. The summed E-state index contributed by atoms with van der Waals surface area (Å²) in [6.07, 6.45) is -0.539. The number of nitrogens with one attached hydrogen (secondary N) is 1.